The van der Waals surface area contributed by atoms with Gasteiger partial charge in [0.25, 0.3) is 0 Å². The Labute approximate surface area is 223 Å². The van der Waals surface area contributed by atoms with Crippen LogP contribution in [-0.4, -0.2) is 37.4 Å². The number of piperidine rings is 1. The van der Waals surface area contributed by atoms with Gasteiger partial charge < -0.3 is 19.4 Å². The zero-order valence-corrected chi connectivity index (χ0v) is 21.3. The number of halogens is 6. The molecule has 40 heavy (non-hydrogen) atoms. The summed E-state index contributed by atoms with van der Waals surface area (Å²) >= 11 is 0. The lowest BCUT2D eigenvalue weighted by Gasteiger charge is -2.34. The molecule has 1 aromatic heterocycles. The maximum atomic E-state index is 13.4. The van der Waals surface area contributed by atoms with Gasteiger partial charge in [0, 0.05) is 30.4 Å². The highest BCUT2D eigenvalue weighted by molar-refractivity contribution is 6.02. The zero-order valence-electron chi connectivity index (χ0n) is 21.3. The number of ether oxygens (including phenoxy) is 1. The lowest BCUT2D eigenvalue weighted by Crippen LogP contribution is -2.42. The summed E-state index contributed by atoms with van der Waals surface area (Å²) in [6.07, 6.45) is -9.53. The Balaban J connectivity index is 1.69. The number of hydrogen-bond donors (Lipinski definition) is 1. The Morgan fingerprint density at radius 1 is 1.10 bits per heavy atom. The molecule has 0 spiro atoms. The molecule has 7 nitrogen and oxygen atoms in total. The minimum Gasteiger partial charge on any atom is -0.440 e. The van der Waals surface area contributed by atoms with Crippen LogP contribution >= 0.6 is 0 Å². The molecule has 1 saturated heterocycles. The first kappa shape index (κ1) is 29.0. The van der Waals surface area contributed by atoms with Crippen LogP contribution in [0.4, 0.5) is 37.9 Å². The summed E-state index contributed by atoms with van der Waals surface area (Å²) < 4.78 is 87.8. The van der Waals surface area contributed by atoms with Gasteiger partial charge in [-0.2, -0.15) is 26.3 Å². The molecule has 1 fully saturated rings. The normalized spacial score (nSPS) is 17.0. The number of anilines is 2. The second-order valence-electron chi connectivity index (χ2n) is 9.59. The van der Waals surface area contributed by atoms with Gasteiger partial charge in [-0.1, -0.05) is 18.2 Å². The number of benzene rings is 2. The predicted molar refractivity (Wildman–Crippen MR) is 133 cm³/mol. The van der Waals surface area contributed by atoms with Gasteiger partial charge in [-0.05, 0) is 50.5 Å². The summed E-state index contributed by atoms with van der Waals surface area (Å²) in [6.45, 7) is 3.25. The maximum Gasteiger partial charge on any atom is 0.491 e. The van der Waals surface area contributed by atoms with Gasteiger partial charge in [0.1, 0.15) is 5.58 Å². The van der Waals surface area contributed by atoms with Gasteiger partial charge in [0.2, 0.25) is 0 Å². The van der Waals surface area contributed by atoms with Crippen molar-refractivity contribution in [2.45, 2.75) is 45.1 Å². The van der Waals surface area contributed by atoms with Crippen molar-refractivity contribution in [1.82, 2.24) is 0 Å². The molecule has 2 atom stereocenters. The van der Waals surface area contributed by atoms with E-state index in [1.165, 1.54) is 29.2 Å². The van der Waals surface area contributed by atoms with Gasteiger partial charge in [0.05, 0.1) is 22.9 Å². The van der Waals surface area contributed by atoms with E-state index in [0.717, 1.165) is 6.07 Å². The first-order valence-electron chi connectivity index (χ1n) is 12.2. The van der Waals surface area contributed by atoms with Crippen LogP contribution in [0.5, 0.6) is 0 Å². The molecule has 1 unspecified atom stereocenters. The Hall–Kier alpha value is -4.03. The quantitative estimate of drug-likeness (QED) is 0.219. The van der Waals surface area contributed by atoms with Gasteiger partial charge in [-0.25, -0.2) is 9.59 Å². The molecule has 1 aliphatic heterocycles. The Morgan fingerprint density at radius 3 is 2.48 bits per heavy atom. The molecule has 1 aliphatic rings. The van der Waals surface area contributed by atoms with Crippen molar-refractivity contribution < 1.29 is 45.1 Å². The summed E-state index contributed by atoms with van der Waals surface area (Å²) in [5, 5.41) is 3.15. The fourth-order valence-corrected chi connectivity index (χ4v) is 4.64. The number of aryl methyl sites for hydroxylation is 1. The van der Waals surface area contributed by atoms with Crippen LogP contribution in [-0.2, 0) is 9.53 Å². The third kappa shape index (κ3) is 6.23. The lowest BCUT2D eigenvalue weighted by atomic mass is 9.97. The van der Waals surface area contributed by atoms with Crippen LogP contribution < -0.4 is 15.6 Å². The molecule has 214 valence electrons. The van der Waals surface area contributed by atoms with Gasteiger partial charge in [-0.15, -0.1) is 0 Å². The van der Waals surface area contributed by atoms with Crippen molar-refractivity contribution in [3.63, 3.8) is 0 Å². The molecule has 0 saturated carbocycles. The molecular formula is C27H24F6N2O5. The van der Waals surface area contributed by atoms with E-state index in [4.69, 9.17) is 4.42 Å². The third-order valence-electron chi connectivity index (χ3n) is 6.59. The number of para-hydroxylation sites is 1. The van der Waals surface area contributed by atoms with Crippen LogP contribution in [0.1, 0.15) is 47.3 Å². The number of carbonyl (C=O) groups is 2. The Morgan fingerprint density at radius 2 is 1.80 bits per heavy atom. The van der Waals surface area contributed by atoms with Crippen molar-refractivity contribution in [3.05, 3.63) is 69.4 Å². The number of rotatable bonds is 5. The number of esters is 2. The fourth-order valence-electron chi connectivity index (χ4n) is 4.64. The molecule has 0 radical (unpaired) electrons. The zero-order chi connectivity index (χ0) is 29.4. The first-order chi connectivity index (χ1) is 18.6. The lowest BCUT2D eigenvalue weighted by molar-refractivity contribution is -0.193. The number of hydrogen-bond acceptors (Lipinski definition) is 7. The van der Waals surface area contributed by atoms with Gasteiger partial charge >= 0.3 is 24.3 Å². The van der Waals surface area contributed by atoms with Crippen molar-refractivity contribution in [3.8, 4) is 0 Å². The summed E-state index contributed by atoms with van der Waals surface area (Å²) in [7, 11) is 0. The summed E-state index contributed by atoms with van der Waals surface area (Å²) in [6, 6.07) is 9.10. The highest BCUT2D eigenvalue weighted by Crippen LogP contribution is 2.36. The number of nitrogens with one attached hydrogen (secondary N) is 1. The Bertz CT molecular complexity index is 1500. The molecule has 0 amide bonds. The van der Waals surface area contributed by atoms with Crippen LogP contribution in [0.15, 0.2) is 51.7 Å². The first-order valence-corrected chi connectivity index (χ1v) is 12.2. The fraction of sp³-hybridized carbons (Fsp3) is 0.370. The average Bonchev–Trinajstić information content (AvgIpc) is 2.87. The summed E-state index contributed by atoms with van der Waals surface area (Å²) in [5.74, 6) is -5.77. The highest BCUT2D eigenvalue weighted by Gasteiger charge is 2.43. The van der Waals surface area contributed by atoms with Crippen LogP contribution in [0.2, 0.25) is 0 Å². The predicted octanol–water partition coefficient (Wildman–Crippen LogP) is 6.30. The van der Waals surface area contributed by atoms with E-state index in [9.17, 15) is 40.7 Å². The number of carbonyl (C=O) groups excluding carboxylic acids is 2. The molecule has 0 aliphatic carbocycles. The van der Waals surface area contributed by atoms with Crippen LogP contribution in [0.25, 0.3) is 11.0 Å². The number of fused-ring (bicyclic) bond motifs is 1. The second-order valence-corrected chi connectivity index (χ2v) is 9.59. The Kier molecular flexibility index (Phi) is 7.86. The molecule has 13 heteroatoms. The van der Waals surface area contributed by atoms with Crippen molar-refractivity contribution in [2.24, 2.45) is 5.92 Å². The molecule has 4 rings (SSSR count). The molecule has 1 N–H and O–H groups in total. The highest BCUT2D eigenvalue weighted by atomic mass is 19.4. The third-order valence-corrected chi connectivity index (χ3v) is 6.59. The van der Waals surface area contributed by atoms with E-state index in [1.807, 2.05) is 0 Å². The van der Waals surface area contributed by atoms with Crippen molar-refractivity contribution >= 4 is 34.5 Å². The van der Waals surface area contributed by atoms with Crippen LogP contribution in [0, 0.1) is 12.8 Å². The monoisotopic (exact) mass is 570 g/mol. The minimum absolute atomic E-state index is 0.0154. The SMILES string of the molecule is Cc1cc(C(C)Nc2ccccc2C(=O)OC(=O)C(F)(F)F)c2oc(N3CCC[C@H](C(F)(F)F)C3)cc(=O)c2c1. The minimum atomic E-state index is -5.37. The van der Waals surface area contributed by atoms with E-state index in [0.29, 0.717) is 11.1 Å². The van der Waals surface area contributed by atoms with Crippen molar-refractivity contribution in [2.75, 3.05) is 23.3 Å². The summed E-state index contributed by atoms with van der Waals surface area (Å²) in [5.41, 5.74) is 0.402. The number of alkyl halides is 6. The van der Waals surface area contributed by atoms with Crippen LogP contribution in [0.3, 0.4) is 0 Å². The topological polar surface area (TPSA) is 88.8 Å². The summed E-state index contributed by atoms with van der Waals surface area (Å²) in [4.78, 5) is 37.9. The van der Waals surface area contributed by atoms with E-state index < -0.39 is 41.7 Å². The smallest absolute Gasteiger partial charge is 0.440 e. The maximum absolute atomic E-state index is 13.4. The standard InChI is InChI=1S/C27H24F6N2O5/c1-14-10-18(15(2)34-20-8-4-3-7-17(20)24(37)40-25(38)27(31,32)33)23-19(11-14)21(36)12-22(39-23)35-9-5-6-16(13-35)26(28,29)30/h3-4,7-8,10-12,15-16,34H,5-6,9,13H2,1-2H3/t15?,16-/m0/s1. The molecule has 2 aromatic carbocycles. The van der Waals surface area contributed by atoms with Gasteiger partial charge in [0.15, 0.2) is 11.3 Å². The second kappa shape index (κ2) is 10.9. The van der Waals surface area contributed by atoms with E-state index >= 15 is 0 Å². The average molecular weight is 570 g/mol. The molecule has 0 bridgehead atoms. The van der Waals surface area contributed by atoms with E-state index in [-0.39, 0.29) is 54.0 Å². The molecule has 2 heterocycles. The van der Waals surface area contributed by atoms with E-state index in [2.05, 4.69) is 10.1 Å². The molecular weight excluding hydrogens is 546 g/mol. The van der Waals surface area contributed by atoms with Gasteiger partial charge in [-0.3, -0.25) is 4.79 Å². The largest absolute Gasteiger partial charge is 0.491 e. The van der Waals surface area contributed by atoms with Crippen molar-refractivity contribution in [1.29, 1.82) is 0 Å². The number of nitrogens with zero attached hydrogens (tertiary/aromatic N) is 1. The molecule has 3 aromatic rings. The van der Waals surface area contributed by atoms with E-state index in [1.54, 1.807) is 26.0 Å².